The summed E-state index contributed by atoms with van der Waals surface area (Å²) in [5, 5.41) is 2.95. The highest BCUT2D eigenvalue weighted by Gasteiger charge is 2.08. The van der Waals surface area contributed by atoms with Crippen LogP contribution < -0.4 is 11.1 Å². The zero-order valence-electron chi connectivity index (χ0n) is 17.7. The van der Waals surface area contributed by atoms with Crippen molar-refractivity contribution in [2.45, 2.75) is 50.5 Å². The van der Waals surface area contributed by atoms with Crippen molar-refractivity contribution in [3.63, 3.8) is 0 Å². The molecule has 0 aliphatic heterocycles. The van der Waals surface area contributed by atoms with E-state index < -0.39 is 0 Å². The lowest BCUT2D eigenvalue weighted by molar-refractivity contribution is -0.117. The molecule has 0 atom stereocenters. The highest BCUT2D eigenvalue weighted by molar-refractivity contribution is 7.99. The number of allylic oxidation sites excluding steroid dienone is 4. The maximum absolute atomic E-state index is 12.5. The summed E-state index contributed by atoms with van der Waals surface area (Å²) >= 11 is 1.73. The lowest BCUT2D eigenvalue weighted by Crippen LogP contribution is -2.25. The summed E-state index contributed by atoms with van der Waals surface area (Å²) in [5.41, 5.74) is 10.5. The molecule has 0 unspecified atom stereocenters. The van der Waals surface area contributed by atoms with Gasteiger partial charge in [-0.25, -0.2) is 0 Å². The van der Waals surface area contributed by atoms with E-state index in [9.17, 15) is 4.79 Å². The van der Waals surface area contributed by atoms with E-state index in [1.54, 1.807) is 24.8 Å². The molecule has 0 aromatic heterocycles. The maximum Gasteiger partial charge on any atom is 0.253 e. The Morgan fingerprint density at radius 2 is 1.83 bits per heavy atom. The van der Waals surface area contributed by atoms with Crippen LogP contribution in [0.4, 0.5) is 0 Å². The van der Waals surface area contributed by atoms with Gasteiger partial charge in [-0.3, -0.25) is 4.79 Å². The van der Waals surface area contributed by atoms with E-state index in [4.69, 9.17) is 5.73 Å². The molecule has 3 N–H and O–H groups in total. The van der Waals surface area contributed by atoms with Gasteiger partial charge in [0.05, 0.1) is 5.57 Å². The average molecular weight is 407 g/mol. The molecule has 29 heavy (non-hydrogen) atoms. The third-order valence-corrected chi connectivity index (χ3v) is 5.47. The Kier molecular flexibility index (Phi) is 8.81. The van der Waals surface area contributed by atoms with Crippen molar-refractivity contribution in [3.05, 3.63) is 94.7 Å². The molecule has 0 radical (unpaired) electrons. The Bertz CT molecular complexity index is 920. The van der Waals surface area contributed by atoms with Gasteiger partial charge in [-0.1, -0.05) is 66.2 Å². The van der Waals surface area contributed by atoms with Gasteiger partial charge in [0.1, 0.15) is 0 Å². The first-order valence-corrected chi connectivity index (χ1v) is 10.6. The van der Waals surface area contributed by atoms with Crippen molar-refractivity contribution in [2.24, 2.45) is 5.73 Å². The summed E-state index contributed by atoms with van der Waals surface area (Å²) in [6.07, 6.45) is 6.63. The van der Waals surface area contributed by atoms with Crippen LogP contribution in [-0.4, -0.2) is 5.91 Å². The number of nitrogens with one attached hydrogen (secondary N) is 1. The molecule has 0 fully saturated rings. The molecule has 3 nitrogen and oxygen atoms in total. The standard InChI is InChI=1S/C25H30N2OS/c1-5-18(2)8-7-11-24(20(4)26)25(28)27-17-21-12-14-22(15-13-21)29-23-10-6-9-19(3)16-23/h6-16H,5,17,26H2,1-4H3,(H,27,28)/b11-7-,18-8?,24-20-. The summed E-state index contributed by atoms with van der Waals surface area (Å²) < 4.78 is 0. The number of aryl methyl sites for hydroxylation is 1. The summed E-state index contributed by atoms with van der Waals surface area (Å²) in [7, 11) is 0. The maximum atomic E-state index is 12.5. The van der Waals surface area contributed by atoms with Crippen molar-refractivity contribution in [1.29, 1.82) is 0 Å². The van der Waals surface area contributed by atoms with Crippen LogP contribution in [0.3, 0.4) is 0 Å². The van der Waals surface area contributed by atoms with E-state index in [1.165, 1.54) is 20.9 Å². The van der Waals surface area contributed by atoms with Crippen molar-refractivity contribution < 1.29 is 4.79 Å². The monoisotopic (exact) mass is 406 g/mol. The number of nitrogens with two attached hydrogens (primary N) is 1. The molecule has 2 aromatic rings. The van der Waals surface area contributed by atoms with E-state index in [1.807, 2.05) is 24.3 Å². The van der Waals surface area contributed by atoms with Crippen LogP contribution in [0.2, 0.25) is 0 Å². The Hall–Kier alpha value is -2.72. The molecular formula is C25H30N2OS. The minimum atomic E-state index is -0.165. The quantitative estimate of drug-likeness (QED) is 0.423. The summed E-state index contributed by atoms with van der Waals surface area (Å²) in [4.78, 5) is 14.9. The zero-order valence-corrected chi connectivity index (χ0v) is 18.5. The van der Waals surface area contributed by atoms with Gasteiger partial charge in [0, 0.05) is 22.0 Å². The smallest absolute Gasteiger partial charge is 0.253 e. The Morgan fingerprint density at radius 1 is 1.10 bits per heavy atom. The fraction of sp³-hybridized carbons (Fsp3) is 0.240. The molecule has 2 aromatic carbocycles. The van der Waals surface area contributed by atoms with Crippen LogP contribution >= 0.6 is 11.8 Å². The normalized spacial score (nSPS) is 12.8. The second-order valence-corrected chi connectivity index (χ2v) is 8.21. The van der Waals surface area contributed by atoms with Crippen LogP contribution in [0.5, 0.6) is 0 Å². The van der Waals surface area contributed by atoms with Crippen molar-refractivity contribution >= 4 is 17.7 Å². The van der Waals surface area contributed by atoms with E-state index in [0.717, 1.165) is 12.0 Å². The largest absolute Gasteiger partial charge is 0.402 e. The molecule has 4 heteroatoms. The first kappa shape index (κ1) is 22.6. The fourth-order valence-corrected chi connectivity index (χ4v) is 3.52. The third kappa shape index (κ3) is 7.66. The highest BCUT2D eigenvalue weighted by Crippen LogP contribution is 2.28. The molecule has 0 bridgehead atoms. The van der Waals surface area contributed by atoms with Gasteiger partial charge < -0.3 is 11.1 Å². The first-order chi connectivity index (χ1) is 13.9. The topological polar surface area (TPSA) is 55.1 Å². The van der Waals surface area contributed by atoms with Crippen LogP contribution in [0.15, 0.2) is 93.4 Å². The highest BCUT2D eigenvalue weighted by atomic mass is 32.2. The van der Waals surface area contributed by atoms with Crippen molar-refractivity contribution in [1.82, 2.24) is 5.32 Å². The molecule has 0 heterocycles. The van der Waals surface area contributed by atoms with Gasteiger partial charge in [0.2, 0.25) is 0 Å². The number of rotatable bonds is 8. The predicted octanol–water partition coefficient (Wildman–Crippen LogP) is 5.91. The average Bonchev–Trinajstić information content (AvgIpc) is 2.70. The summed E-state index contributed by atoms with van der Waals surface area (Å²) in [6, 6.07) is 16.7. The van der Waals surface area contributed by atoms with Crippen LogP contribution in [0, 0.1) is 6.92 Å². The van der Waals surface area contributed by atoms with E-state index in [-0.39, 0.29) is 5.91 Å². The second-order valence-electron chi connectivity index (χ2n) is 7.07. The number of carbonyl (C=O) groups is 1. The predicted molar refractivity (Wildman–Crippen MR) is 124 cm³/mol. The number of carbonyl (C=O) groups excluding carboxylic acids is 1. The van der Waals surface area contributed by atoms with Crippen LogP contribution in [0.1, 0.15) is 38.3 Å². The van der Waals surface area contributed by atoms with Gasteiger partial charge in [0.25, 0.3) is 5.91 Å². The Balaban J connectivity index is 1.96. The second kappa shape index (κ2) is 11.3. The Morgan fingerprint density at radius 3 is 2.45 bits per heavy atom. The van der Waals surface area contributed by atoms with Crippen LogP contribution in [-0.2, 0) is 11.3 Å². The van der Waals surface area contributed by atoms with E-state index in [0.29, 0.717) is 17.8 Å². The molecule has 1 amide bonds. The molecular weight excluding hydrogens is 376 g/mol. The molecule has 2 rings (SSSR count). The molecule has 0 saturated carbocycles. The fourth-order valence-electron chi connectivity index (χ4n) is 2.58. The van der Waals surface area contributed by atoms with Crippen molar-refractivity contribution in [2.75, 3.05) is 0 Å². The minimum absolute atomic E-state index is 0.165. The molecule has 0 aliphatic rings. The van der Waals surface area contributed by atoms with Crippen molar-refractivity contribution in [3.8, 4) is 0 Å². The Labute approximate surface area is 178 Å². The number of hydrogen-bond donors (Lipinski definition) is 2. The minimum Gasteiger partial charge on any atom is -0.402 e. The third-order valence-electron chi connectivity index (χ3n) is 4.47. The van der Waals surface area contributed by atoms with Crippen LogP contribution in [0.25, 0.3) is 0 Å². The van der Waals surface area contributed by atoms with Gasteiger partial charge in [0.15, 0.2) is 0 Å². The first-order valence-electron chi connectivity index (χ1n) is 9.81. The van der Waals surface area contributed by atoms with E-state index in [2.05, 4.69) is 62.5 Å². The zero-order chi connectivity index (χ0) is 21.2. The lowest BCUT2D eigenvalue weighted by atomic mass is 10.1. The lowest BCUT2D eigenvalue weighted by Gasteiger charge is -2.09. The molecule has 0 spiro atoms. The van der Waals surface area contributed by atoms with Gasteiger partial charge in [-0.15, -0.1) is 0 Å². The van der Waals surface area contributed by atoms with Gasteiger partial charge in [-0.2, -0.15) is 0 Å². The van der Waals surface area contributed by atoms with E-state index >= 15 is 0 Å². The summed E-state index contributed by atoms with van der Waals surface area (Å²) in [6.45, 7) is 8.46. The van der Waals surface area contributed by atoms with Gasteiger partial charge in [-0.05, 0) is 63.1 Å². The summed E-state index contributed by atoms with van der Waals surface area (Å²) in [5.74, 6) is -0.165. The SMILES string of the molecule is CCC(C)=C/C=C\C(C(=O)NCc1ccc(Sc2cccc(C)c2)cc1)=C(/C)N. The number of amides is 1. The molecule has 0 saturated heterocycles. The van der Waals surface area contributed by atoms with Gasteiger partial charge >= 0.3 is 0 Å². The molecule has 152 valence electrons. The number of hydrogen-bond acceptors (Lipinski definition) is 3. The number of benzene rings is 2. The molecule has 0 aliphatic carbocycles.